The smallest absolute Gasteiger partial charge is 0.475 e. The number of nitrogens with zero attached hydrogens (tertiary/aromatic N) is 2. The summed E-state index contributed by atoms with van der Waals surface area (Å²) in [5.74, 6) is -2.76. The summed E-state index contributed by atoms with van der Waals surface area (Å²) < 4.78 is 31.7. The number of halogens is 3. The molecule has 2 aromatic rings. The van der Waals surface area contributed by atoms with E-state index in [1.165, 1.54) is 0 Å². The molecule has 7 heteroatoms. The molecule has 0 amide bonds. The van der Waals surface area contributed by atoms with E-state index in [-0.39, 0.29) is 0 Å². The summed E-state index contributed by atoms with van der Waals surface area (Å²) in [4.78, 5) is 17.1. The number of carbonyl (C=O) groups is 1. The molecule has 17 heavy (non-hydrogen) atoms. The highest BCUT2D eigenvalue weighted by molar-refractivity contribution is 5.73. The molecule has 1 N–H and O–H groups in total. The predicted octanol–water partition coefficient (Wildman–Crippen LogP) is 2.26. The van der Waals surface area contributed by atoms with Crippen LogP contribution in [0.3, 0.4) is 0 Å². The average molecular weight is 244 g/mol. The first kappa shape index (κ1) is 12.9. The van der Waals surface area contributed by atoms with E-state index in [0.29, 0.717) is 0 Å². The fourth-order valence-electron chi connectivity index (χ4n) is 0.904. The summed E-state index contributed by atoms with van der Waals surface area (Å²) >= 11 is 0. The Balaban J connectivity index is 0.000000185. The standard InChI is InChI=1S/C8H6N2.C2HF3O2/c1-3-7-8(9-5-1)4-2-6-10-7;3-2(4,5)1(6)7/h1-6H;(H,6,7). The number of aliphatic carboxylic acids is 1. The molecule has 90 valence electrons. The van der Waals surface area contributed by atoms with Crippen molar-refractivity contribution < 1.29 is 23.1 Å². The summed E-state index contributed by atoms with van der Waals surface area (Å²) in [7, 11) is 0. The van der Waals surface area contributed by atoms with Gasteiger partial charge in [-0.3, -0.25) is 9.97 Å². The molecule has 2 rings (SSSR count). The highest BCUT2D eigenvalue weighted by Gasteiger charge is 2.38. The lowest BCUT2D eigenvalue weighted by Gasteiger charge is -1.93. The van der Waals surface area contributed by atoms with E-state index in [1.807, 2.05) is 24.3 Å². The first-order valence-electron chi connectivity index (χ1n) is 4.37. The Kier molecular flexibility index (Phi) is 3.97. The topological polar surface area (TPSA) is 63.1 Å². The minimum Gasteiger partial charge on any atom is -0.475 e. The van der Waals surface area contributed by atoms with Gasteiger partial charge in [0.1, 0.15) is 0 Å². The maximum Gasteiger partial charge on any atom is 0.490 e. The van der Waals surface area contributed by atoms with Gasteiger partial charge in [0.05, 0.1) is 11.0 Å². The predicted molar refractivity (Wildman–Crippen MR) is 53.2 cm³/mol. The van der Waals surface area contributed by atoms with Crippen LogP contribution in [0.4, 0.5) is 13.2 Å². The van der Waals surface area contributed by atoms with Crippen molar-refractivity contribution in [3.63, 3.8) is 0 Å². The van der Waals surface area contributed by atoms with Gasteiger partial charge in [0.25, 0.3) is 0 Å². The fourth-order valence-corrected chi connectivity index (χ4v) is 0.904. The molecule has 0 spiro atoms. The Morgan fingerprint density at radius 3 is 1.71 bits per heavy atom. The lowest BCUT2D eigenvalue weighted by molar-refractivity contribution is -0.192. The number of rotatable bonds is 0. The zero-order valence-corrected chi connectivity index (χ0v) is 8.35. The number of aromatic nitrogens is 2. The van der Waals surface area contributed by atoms with Gasteiger partial charge in [0.2, 0.25) is 0 Å². The lowest BCUT2D eigenvalue weighted by Crippen LogP contribution is -2.21. The minimum absolute atomic E-state index is 0.949. The fraction of sp³-hybridized carbons (Fsp3) is 0.100. The van der Waals surface area contributed by atoms with Crippen LogP contribution in [0.1, 0.15) is 0 Å². The second-order valence-electron chi connectivity index (χ2n) is 2.85. The Morgan fingerprint density at radius 2 is 1.41 bits per heavy atom. The van der Waals surface area contributed by atoms with Crippen LogP contribution in [0.25, 0.3) is 11.0 Å². The molecule has 0 aliphatic rings. The van der Waals surface area contributed by atoms with E-state index in [0.717, 1.165) is 11.0 Å². The molecular formula is C10H7F3N2O2. The van der Waals surface area contributed by atoms with Crippen molar-refractivity contribution in [1.82, 2.24) is 9.97 Å². The van der Waals surface area contributed by atoms with Crippen LogP contribution in [-0.2, 0) is 4.79 Å². The third-order valence-electron chi connectivity index (χ3n) is 1.61. The normalized spacial score (nSPS) is 10.5. The van der Waals surface area contributed by atoms with E-state index in [9.17, 15) is 13.2 Å². The van der Waals surface area contributed by atoms with E-state index >= 15 is 0 Å². The molecule has 0 radical (unpaired) electrons. The third kappa shape index (κ3) is 4.06. The SMILES string of the molecule is O=C(O)C(F)(F)F.c1cnc2cccnc2c1. The second kappa shape index (κ2) is 5.24. The Labute approximate surface area is 93.7 Å². The molecule has 0 atom stereocenters. The number of fused-ring (bicyclic) bond motifs is 1. The first-order valence-corrected chi connectivity index (χ1v) is 4.37. The zero-order valence-electron chi connectivity index (χ0n) is 8.35. The van der Waals surface area contributed by atoms with Crippen molar-refractivity contribution in [3.05, 3.63) is 36.7 Å². The minimum atomic E-state index is -5.08. The van der Waals surface area contributed by atoms with Gasteiger partial charge < -0.3 is 5.11 Å². The van der Waals surface area contributed by atoms with Gasteiger partial charge >= 0.3 is 12.1 Å². The van der Waals surface area contributed by atoms with Crippen LogP contribution in [0.5, 0.6) is 0 Å². The molecule has 0 bridgehead atoms. The van der Waals surface area contributed by atoms with Crippen LogP contribution in [0.15, 0.2) is 36.7 Å². The molecule has 2 aromatic heterocycles. The highest BCUT2D eigenvalue weighted by Crippen LogP contribution is 2.13. The van der Waals surface area contributed by atoms with Crippen LogP contribution < -0.4 is 0 Å². The summed E-state index contributed by atoms with van der Waals surface area (Å²) in [5, 5.41) is 7.12. The maximum atomic E-state index is 10.6. The summed E-state index contributed by atoms with van der Waals surface area (Å²) in [5.41, 5.74) is 1.90. The molecule has 0 unspecified atom stereocenters. The van der Waals surface area contributed by atoms with Gasteiger partial charge in [-0.2, -0.15) is 13.2 Å². The molecule has 0 fully saturated rings. The van der Waals surface area contributed by atoms with Crippen molar-refractivity contribution >= 4 is 17.0 Å². The van der Waals surface area contributed by atoms with Gasteiger partial charge in [0, 0.05) is 12.4 Å². The van der Waals surface area contributed by atoms with Crippen LogP contribution in [0, 0.1) is 0 Å². The summed E-state index contributed by atoms with van der Waals surface area (Å²) in [6.07, 6.45) is -1.55. The molecule has 2 heterocycles. The number of carboxylic acids is 1. The third-order valence-corrected chi connectivity index (χ3v) is 1.61. The van der Waals surface area contributed by atoms with Crippen molar-refractivity contribution in [2.75, 3.05) is 0 Å². The van der Waals surface area contributed by atoms with Gasteiger partial charge in [-0.25, -0.2) is 4.79 Å². The molecule has 0 saturated carbocycles. The second-order valence-corrected chi connectivity index (χ2v) is 2.85. The lowest BCUT2D eigenvalue weighted by atomic mass is 10.3. The molecule has 0 aliphatic carbocycles. The van der Waals surface area contributed by atoms with Crippen LogP contribution in [0.2, 0.25) is 0 Å². The quantitative estimate of drug-likeness (QED) is 0.772. The Hall–Kier alpha value is -2.18. The van der Waals surface area contributed by atoms with Crippen molar-refractivity contribution in [3.8, 4) is 0 Å². The van der Waals surface area contributed by atoms with Gasteiger partial charge in [0.15, 0.2) is 0 Å². The zero-order chi connectivity index (χ0) is 12.9. The number of alkyl halides is 3. The van der Waals surface area contributed by atoms with E-state index in [4.69, 9.17) is 9.90 Å². The van der Waals surface area contributed by atoms with Crippen LogP contribution in [-0.4, -0.2) is 27.2 Å². The molecule has 0 aliphatic heterocycles. The Bertz CT molecular complexity index is 449. The summed E-state index contributed by atoms with van der Waals surface area (Å²) in [6, 6.07) is 7.66. The molecule has 0 aromatic carbocycles. The highest BCUT2D eigenvalue weighted by atomic mass is 19.4. The van der Waals surface area contributed by atoms with Gasteiger partial charge in [-0.15, -0.1) is 0 Å². The number of hydrogen-bond donors (Lipinski definition) is 1. The maximum absolute atomic E-state index is 10.6. The van der Waals surface area contributed by atoms with Gasteiger partial charge in [-0.05, 0) is 24.3 Å². The van der Waals surface area contributed by atoms with Crippen molar-refractivity contribution in [1.29, 1.82) is 0 Å². The number of hydrogen-bond acceptors (Lipinski definition) is 3. The molecule has 4 nitrogen and oxygen atoms in total. The van der Waals surface area contributed by atoms with E-state index < -0.39 is 12.1 Å². The monoisotopic (exact) mass is 244 g/mol. The van der Waals surface area contributed by atoms with Crippen molar-refractivity contribution in [2.45, 2.75) is 6.18 Å². The van der Waals surface area contributed by atoms with E-state index in [1.54, 1.807) is 12.4 Å². The Morgan fingerprint density at radius 1 is 1.06 bits per heavy atom. The number of pyridine rings is 2. The molecular weight excluding hydrogens is 237 g/mol. The van der Waals surface area contributed by atoms with Gasteiger partial charge in [-0.1, -0.05) is 0 Å². The van der Waals surface area contributed by atoms with Crippen molar-refractivity contribution in [2.24, 2.45) is 0 Å². The first-order chi connectivity index (χ1) is 7.91. The van der Waals surface area contributed by atoms with E-state index in [2.05, 4.69) is 9.97 Å². The largest absolute Gasteiger partial charge is 0.490 e. The van der Waals surface area contributed by atoms with Crippen LogP contribution >= 0.6 is 0 Å². The number of carboxylic acid groups (broad SMARTS) is 1. The summed E-state index contributed by atoms with van der Waals surface area (Å²) in [6.45, 7) is 0. The average Bonchev–Trinajstić information content (AvgIpc) is 2.29. The molecule has 0 saturated heterocycles.